The molecule has 17 heavy (non-hydrogen) atoms. The minimum absolute atomic E-state index is 0.638. The van der Waals surface area contributed by atoms with Crippen molar-refractivity contribution in [3.8, 4) is 0 Å². The Bertz CT molecular complexity index is 342. The third-order valence-corrected chi connectivity index (χ3v) is 4.95. The zero-order valence-corrected chi connectivity index (χ0v) is 12.6. The van der Waals surface area contributed by atoms with E-state index in [-0.39, 0.29) is 0 Å². The topological polar surface area (TPSA) is 27.3 Å². The van der Waals surface area contributed by atoms with Crippen LogP contribution in [0, 0.1) is 0 Å². The van der Waals surface area contributed by atoms with Gasteiger partial charge >= 0.3 is 0 Å². The fraction of sp³-hybridized carbons (Fsp3) is 0.667. The quantitative estimate of drug-likeness (QED) is 0.807. The highest BCUT2D eigenvalue weighted by atomic mass is 79.9. The summed E-state index contributed by atoms with van der Waals surface area (Å²) in [6.45, 7) is 5.53. The molecule has 1 aliphatic heterocycles. The Balaban J connectivity index is 1.62. The summed E-state index contributed by atoms with van der Waals surface area (Å²) in [5.74, 6) is 0. The number of nitrogens with one attached hydrogen (secondary N) is 2. The van der Waals surface area contributed by atoms with E-state index in [4.69, 9.17) is 0 Å². The fourth-order valence-electron chi connectivity index (χ4n) is 2.06. The van der Waals surface area contributed by atoms with E-state index in [2.05, 4.69) is 50.0 Å². The van der Waals surface area contributed by atoms with E-state index < -0.39 is 0 Å². The van der Waals surface area contributed by atoms with Gasteiger partial charge in [0.1, 0.15) is 0 Å². The van der Waals surface area contributed by atoms with Crippen LogP contribution in [-0.2, 0) is 6.42 Å². The van der Waals surface area contributed by atoms with E-state index in [0.29, 0.717) is 6.04 Å². The summed E-state index contributed by atoms with van der Waals surface area (Å²) in [7, 11) is 2.21. The predicted octanol–water partition coefficient (Wildman–Crippen LogP) is 1.55. The summed E-state index contributed by atoms with van der Waals surface area (Å²) < 4.78 is 1.20. The second kappa shape index (κ2) is 6.85. The molecule has 1 unspecified atom stereocenters. The van der Waals surface area contributed by atoms with Crippen molar-refractivity contribution in [3.05, 3.63) is 20.8 Å². The van der Waals surface area contributed by atoms with Gasteiger partial charge in [-0.15, -0.1) is 11.3 Å². The molecule has 2 rings (SSSR count). The van der Waals surface area contributed by atoms with Gasteiger partial charge < -0.3 is 10.6 Å². The largest absolute Gasteiger partial charge is 0.315 e. The van der Waals surface area contributed by atoms with Crippen molar-refractivity contribution in [2.24, 2.45) is 0 Å². The fourth-order valence-corrected chi connectivity index (χ4v) is 3.51. The molecule has 1 aromatic rings. The van der Waals surface area contributed by atoms with Crippen molar-refractivity contribution in [2.75, 3.05) is 39.8 Å². The van der Waals surface area contributed by atoms with Crippen molar-refractivity contribution >= 4 is 27.3 Å². The molecule has 96 valence electrons. The molecule has 2 N–H and O–H groups in total. The van der Waals surface area contributed by atoms with Crippen LogP contribution in [0.2, 0.25) is 0 Å². The van der Waals surface area contributed by atoms with Crippen LogP contribution in [0.4, 0.5) is 0 Å². The molecule has 0 radical (unpaired) electrons. The summed E-state index contributed by atoms with van der Waals surface area (Å²) in [4.78, 5) is 3.88. The lowest BCUT2D eigenvalue weighted by atomic mass is 10.2. The number of thiophene rings is 1. The molecule has 0 spiro atoms. The monoisotopic (exact) mass is 317 g/mol. The van der Waals surface area contributed by atoms with Gasteiger partial charge in [-0.2, -0.15) is 0 Å². The number of rotatable bonds is 5. The van der Waals surface area contributed by atoms with Gasteiger partial charge in [0.2, 0.25) is 0 Å². The molecule has 2 heterocycles. The van der Waals surface area contributed by atoms with Crippen LogP contribution >= 0.6 is 27.3 Å². The average Bonchev–Trinajstić information content (AvgIpc) is 2.73. The Morgan fingerprint density at radius 1 is 1.65 bits per heavy atom. The van der Waals surface area contributed by atoms with Gasteiger partial charge in [0.05, 0.1) is 0 Å². The third-order valence-electron chi connectivity index (χ3n) is 3.19. The number of nitrogens with zero attached hydrogens (tertiary/aromatic N) is 1. The van der Waals surface area contributed by atoms with Crippen molar-refractivity contribution in [2.45, 2.75) is 12.5 Å². The first-order valence-corrected chi connectivity index (χ1v) is 7.77. The highest BCUT2D eigenvalue weighted by Crippen LogP contribution is 2.19. The maximum atomic E-state index is 3.55. The molecule has 0 saturated carbocycles. The molecule has 5 heteroatoms. The van der Waals surface area contributed by atoms with Crippen LogP contribution in [0.25, 0.3) is 0 Å². The second-order valence-corrected chi connectivity index (χ2v) is 6.44. The molecule has 0 amide bonds. The van der Waals surface area contributed by atoms with Crippen molar-refractivity contribution < 1.29 is 0 Å². The molecule has 0 bridgehead atoms. The zero-order chi connectivity index (χ0) is 12.1. The Labute approximate surface area is 116 Å². The third kappa shape index (κ3) is 4.34. The lowest BCUT2D eigenvalue weighted by Crippen LogP contribution is -2.53. The summed E-state index contributed by atoms with van der Waals surface area (Å²) in [5.41, 5.74) is 0. The van der Waals surface area contributed by atoms with Gasteiger partial charge in [0.15, 0.2) is 0 Å². The molecular formula is C12H20BrN3S. The highest BCUT2D eigenvalue weighted by Gasteiger charge is 2.17. The first-order chi connectivity index (χ1) is 8.25. The summed E-state index contributed by atoms with van der Waals surface area (Å²) >= 11 is 5.31. The SMILES string of the molecule is CN1CCNCC1CNCCc1cc(Br)cs1. The Morgan fingerprint density at radius 2 is 2.53 bits per heavy atom. The van der Waals surface area contributed by atoms with Gasteiger partial charge in [-0.05, 0) is 35.5 Å². The second-order valence-electron chi connectivity index (χ2n) is 4.52. The Morgan fingerprint density at radius 3 is 3.24 bits per heavy atom. The van der Waals surface area contributed by atoms with E-state index in [0.717, 1.165) is 39.1 Å². The number of hydrogen-bond acceptors (Lipinski definition) is 4. The molecular weight excluding hydrogens is 298 g/mol. The first kappa shape index (κ1) is 13.5. The van der Waals surface area contributed by atoms with E-state index in [1.807, 2.05) is 11.3 Å². The van der Waals surface area contributed by atoms with Crippen LogP contribution in [0.3, 0.4) is 0 Å². The smallest absolute Gasteiger partial charge is 0.0342 e. The maximum Gasteiger partial charge on any atom is 0.0342 e. The summed E-state index contributed by atoms with van der Waals surface area (Å²) in [6, 6.07) is 2.85. The Hall–Kier alpha value is 0.0600. The van der Waals surface area contributed by atoms with E-state index in [1.165, 1.54) is 9.35 Å². The number of likely N-dealkylation sites (N-methyl/N-ethyl adjacent to an activating group) is 1. The molecule has 1 aliphatic rings. The Kier molecular flexibility index (Phi) is 5.44. The van der Waals surface area contributed by atoms with Crippen LogP contribution < -0.4 is 10.6 Å². The molecule has 3 nitrogen and oxygen atoms in total. The van der Waals surface area contributed by atoms with Crippen LogP contribution in [0.1, 0.15) is 4.88 Å². The minimum Gasteiger partial charge on any atom is -0.315 e. The lowest BCUT2D eigenvalue weighted by molar-refractivity contribution is 0.196. The van der Waals surface area contributed by atoms with Gasteiger partial charge in [0, 0.05) is 53.5 Å². The van der Waals surface area contributed by atoms with Crippen molar-refractivity contribution in [1.82, 2.24) is 15.5 Å². The highest BCUT2D eigenvalue weighted by molar-refractivity contribution is 9.10. The molecule has 1 fully saturated rings. The van der Waals surface area contributed by atoms with Crippen molar-refractivity contribution in [3.63, 3.8) is 0 Å². The average molecular weight is 318 g/mol. The maximum absolute atomic E-state index is 3.55. The normalized spacial score (nSPS) is 21.9. The molecule has 1 aromatic heterocycles. The lowest BCUT2D eigenvalue weighted by Gasteiger charge is -2.33. The van der Waals surface area contributed by atoms with Crippen LogP contribution in [-0.4, -0.2) is 50.7 Å². The van der Waals surface area contributed by atoms with Crippen LogP contribution in [0.15, 0.2) is 15.9 Å². The summed E-state index contributed by atoms with van der Waals surface area (Å²) in [5, 5.41) is 9.14. The van der Waals surface area contributed by atoms with Crippen LogP contribution in [0.5, 0.6) is 0 Å². The first-order valence-electron chi connectivity index (χ1n) is 6.10. The predicted molar refractivity (Wildman–Crippen MR) is 77.9 cm³/mol. The van der Waals surface area contributed by atoms with E-state index in [1.54, 1.807) is 0 Å². The molecule has 0 aromatic carbocycles. The van der Waals surface area contributed by atoms with Gasteiger partial charge in [-0.25, -0.2) is 0 Å². The molecule has 1 saturated heterocycles. The van der Waals surface area contributed by atoms with E-state index in [9.17, 15) is 0 Å². The zero-order valence-electron chi connectivity index (χ0n) is 10.2. The van der Waals surface area contributed by atoms with Gasteiger partial charge in [0.25, 0.3) is 0 Å². The van der Waals surface area contributed by atoms with Crippen molar-refractivity contribution in [1.29, 1.82) is 0 Å². The number of piperazine rings is 1. The van der Waals surface area contributed by atoms with Gasteiger partial charge in [-0.1, -0.05) is 0 Å². The number of hydrogen-bond donors (Lipinski definition) is 2. The number of halogens is 1. The molecule has 1 atom stereocenters. The molecule has 0 aliphatic carbocycles. The van der Waals surface area contributed by atoms with E-state index >= 15 is 0 Å². The summed E-state index contributed by atoms with van der Waals surface area (Å²) in [6.07, 6.45) is 1.13. The minimum atomic E-state index is 0.638. The van der Waals surface area contributed by atoms with Gasteiger partial charge in [-0.3, -0.25) is 4.90 Å². The standard InChI is InChI=1S/C12H20BrN3S/c1-16-5-4-15-8-11(16)7-14-3-2-12-6-10(13)9-17-12/h6,9,11,14-15H,2-5,7-8H2,1H3.